The Kier molecular flexibility index (Phi) is 5.16. The Labute approximate surface area is 110 Å². The predicted molar refractivity (Wildman–Crippen MR) is 73.4 cm³/mol. The molecule has 0 spiro atoms. The topological polar surface area (TPSA) is 50.3 Å². The molecule has 1 aromatic heterocycles. The minimum absolute atomic E-state index is 0.568. The van der Waals surface area contributed by atoms with Gasteiger partial charge in [0.1, 0.15) is 0 Å². The van der Waals surface area contributed by atoms with Crippen LogP contribution in [0.15, 0.2) is 18.5 Å². The van der Waals surface area contributed by atoms with Crippen molar-refractivity contribution in [1.82, 2.24) is 19.6 Å². The van der Waals surface area contributed by atoms with Crippen molar-refractivity contribution < 1.29 is 0 Å². The first-order valence-corrected chi connectivity index (χ1v) is 6.97. The molecule has 18 heavy (non-hydrogen) atoms. The van der Waals surface area contributed by atoms with E-state index in [-0.39, 0.29) is 0 Å². The van der Waals surface area contributed by atoms with Gasteiger partial charge >= 0.3 is 0 Å². The number of nitrogens with zero attached hydrogens (tertiary/aromatic N) is 4. The maximum absolute atomic E-state index is 5.80. The largest absolute Gasteiger partial charge is 0.329 e. The van der Waals surface area contributed by atoms with Gasteiger partial charge in [0, 0.05) is 57.7 Å². The summed E-state index contributed by atoms with van der Waals surface area (Å²) in [7, 11) is 0. The molecule has 0 aromatic carbocycles. The summed E-state index contributed by atoms with van der Waals surface area (Å²) >= 11 is 0. The number of aromatic nitrogens is 2. The van der Waals surface area contributed by atoms with Crippen LogP contribution in [0.3, 0.4) is 0 Å². The van der Waals surface area contributed by atoms with E-state index in [0.29, 0.717) is 6.04 Å². The molecule has 2 rings (SSSR count). The maximum atomic E-state index is 5.80. The second kappa shape index (κ2) is 6.87. The number of rotatable bonds is 6. The fraction of sp³-hybridized carbons (Fsp3) is 0.769. The Morgan fingerprint density at radius 2 is 2.00 bits per heavy atom. The van der Waals surface area contributed by atoms with Gasteiger partial charge in [-0.25, -0.2) is 0 Å². The standard InChI is InChI=1S/C13H25N5/c1-2-13(12-14)17-9-6-16(7-10-17)8-11-18-5-3-4-15-18/h3-5,13H,2,6-12,14H2,1H3. The van der Waals surface area contributed by atoms with Gasteiger partial charge in [-0.3, -0.25) is 14.5 Å². The first kappa shape index (κ1) is 13.5. The van der Waals surface area contributed by atoms with Crippen LogP contribution < -0.4 is 5.73 Å². The van der Waals surface area contributed by atoms with E-state index in [1.54, 1.807) is 0 Å². The van der Waals surface area contributed by atoms with E-state index in [1.807, 2.05) is 23.1 Å². The van der Waals surface area contributed by atoms with E-state index in [2.05, 4.69) is 21.8 Å². The molecule has 0 saturated carbocycles. The van der Waals surface area contributed by atoms with Crippen molar-refractivity contribution in [2.24, 2.45) is 5.73 Å². The molecule has 0 amide bonds. The predicted octanol–water partition coefficient (Wildman–Crippen LogP) is 0.238. The second-order valence-electron chi connectivity index (χ2n) is 4.94. The van der Waals surface area contributed by atoms with E-state index in [0.717, 1.165) is 52.2 Å². The molecule has 1 aliphatic heterocycles. The lowest BCUT2D eigenvalue weighted by Crippen LogP contribution is -2.52. The molecular weight excluding hydrogens is 226 g/mol. The highest BCUT2D eigenvalue weighted by Crippen LogP contribution is 2.08. The summed E-state index contributed by atoms with van der Waals surface area (Å²) in [6.07, 6.45) is 5.02. The quantitative estimate of drug-likeness (QED) is 0.787. The van der Waals surface area contributed by atoms with Crippen molar-refractivity contribution in [2.45, 2.75) is 25.9 Å². The Morgan fingerprint density at radius 1 is 1.22 bits per heavy atom. The zero-order valence-corrected chi connectivity index (χ0v) is 11.3. The highest BCUT2D eigenvalue weighted by Gasteiger charge is 2.21. The summed E-state index contributed by atoms with van der Waals surface area (Å²) in [4.78, 5) is 5.05. The minimum atomic E-state index is 0.568. The highest BCUT2D eigenvalue weighted by molar-refractivity contribution is 4.80. The number of nitrogens with two attached hydrogens (primary N) is 1. The minimum Gasteiger partial charge on any atom is -0.329 e. The lowest BCUT2D eigenvalue weighted by atomic mass is 10.1. The molecule has 1 aromatic rings. The van der Waals surface area contributed by atoms with Gasteiger partial charge in [0.15, 0.2) is 0 Å². The van der Waals surface area contributed by atoms with Crippen molar-refractivity contribution in [3.63, 3.8) is 0 Å². The third kappa shape index (κ3) is 3.54. The van der Waals surface area contributed by atoms with Crippen LogP contribution in [0.1, 0.15) is 13.3 Å². The Morgan fingerprint density at radius 3 is 2.56 bits per heavy atom. The van der Waals surface area contributed by atoms with Crippen molar-refractivity contribution in [1.29, 1.82) is 0 Å². The zero-order chi connectivity index (χ0) is 12.8. The average molecular weight is 251 g/mol. The van der Waals surface area contributed by atoms with Crippen LogP contribution >= 0.6 is 0 Å². The number of hydrogen-bond donors (Lipinski definition) is 1. The first-order chi connectivity index (χ1) is 8.83. The van der Waals surface area contributed by atoms with Gasteiger partial charge in [0.2, 0.25) is 0 Å². The lowest BCUT2D eigenvalue weighted by Gasteiger charge is -2.38. The Bertz CT molecular complexity index is 312. The van der Waals surface area contributed by atoms with Crippen LogP contribution in [0.4, 0.5) is 0 Å². The smallest absolute Gasteiger partial charge is 0.0536 e. The Balaban J connectivity index is 1.70. The van der Waals surface area contributed by atoms with Gasteiger partial charge in [-0.2, -0.15) is 5.10 Å². The van der Waals surface area contributed by atoms with Crippen LogP contribution in [0.5, 0.6) is 0 Å². The van der Waals surface area contributed by atoms with Crippen molar-refractivity contribution >= 4 is 0 Å². The maximum Gasteiger partial charge on any atom is 0.0536 e. The molecule has 1 aliphatic rings. The van der Waals surface area contributed by atoms with Gasteiger partial charge in [-0.05, 0) is 12.5 Å². The molecule has 0 bridgehead atoms. The molecule has 2 N–H and O–H groups in total. The third-order valence-electron chi connectivity index (χ3n) is 3.87. The molecule has 1 unspecified atom stereocenters. The molecular formula is C13H25N5. The second-order valence-corrected chi connectivity index (χ2v) is 4.94. The Hall–Kier alpha value is -0.910. The van der Waals surface area contributed by atoms with E-state index >= 15 is 0 Å². The molecule has 1 fully saturated rings. The van der Waals surface area contributed by atoms with E-state index < -0.39 is 0 Å². The summed E-state index contributed by atoms with van der Waals surface area (Å²) < 4.78 is 2.00. The summed E-state index contributed by atoms with van der Waals surface area (Å²) in [5, 5.41) is 4.23. The summed E-state index contributed by atoms with van der Waals surface area (Å²) in [6, 6.07) is 2.55. The molecule has 5 heteroatoms. The molecule has 0 radical (unpaired) electrons. The fourth-order valence-electron chi connectivity index (χ4n) is 2.60. The summed E-state index contributed by atoms with van der Waals surface area (Å²) in [5.74, 6) is 0. The van der Waals surface area contributed by atoms with Crippen molar-refractivity contribution in [2.75, 3.05) is 39.3 Å². The van der Waals surface area contributed by atoms with Gasteiger partial charge in [-0.15, -0.1) is 0 Å². The van der Waals surface area contributed by atoms with E-state index in [4.69, 9.17) is 5.73 Å². The van der Waals surface area contributed by atoms with Crippen LogP contribution in [0.2, 0.25) is 0 Å². The van der Waals surface area contributed by atoms with E-state index in [9.17, 15) is 0 Å². The molecule has 5 nitrogen and oxygen atoms in total. The summed E-state index contributed by atoms with van der Waals surface area (Å²) in [6.45, 7) is 9.68. The SMILES string of the molecule is CCC(CN)N1CCN(CCn2cccn2)CC1. The zero-order valence-electron chi connectivity index (χ0n) is 11.3. The van der Waals surface area contributed by atoms with Gasteiger partial charge in [-0.1, -0.05) is 6.92 Å². The number of hydrogen-bond acceptors (Lipinski definition) is 4. The third-order valence-corrected chi connectivity index (χ3v) is 3.87. The normalized spacial score (nSPS) is 20.1. The van der Waals surface area contributed by atoms with Crippen LogP contribution in [0, 0.1) is 0 Å². The molecule has 1 atom stereocenters. The molecule has 0 aliphatic carbocycles. The molecule has 102 valence electrons. The monoisotopic (exact) mass is 251 g/mol. The van der Waals surface area contributed by atoms with Gasteiger partial charge in [0.05, 0.1) is 6.54 Å². The van der Waals surface area contributed by atoms with Crippen LogP contribution in [0.25, 0.3) is 0 Å². The summed E-state index contributed by atoms with van der Waals surface area (Å²) in [5.41, 5.74) is 5.80. The highest BCUT2D eigenvalue weighted by atomic mass is 15.3. The average Bonchev–Trinajstić information content (AvgIpc) is 2.92. The van der Waals surface area contributed by atoms with Crippen LogP contribution in [-0.2, 0) is 6.54 Å². The lowest BCUT2D eigenvalue weighted by molar-refractivity contribution is 0.0940. The van der Waals surface area contributed by atoms with Crippen LogP contribution in [-0.4, -0.2) is 64.9 Å². The van der Waals surface area contributed by atoms with Gasteiger partial charge < -0.3 is 5.73 Å². The van der Waals surface area contributed by atoms with E-state index in [1.165, 1.54) is 0 Å². The molecule has 2 heterocycles. The fourth-order valence-corrected chi connectivity index (χ4v) is 2.60. The van der Waals surface area contributed by atoms with Crippen molar-refractivity contribution in [3.05, 3.63) is 18.5 Å². The van der Waals surface area contributed by atoms with Crippen molar-refractivity contribution in [3.8, 4) is 0 Å². The number of piperazine rings is 1. The molecule has 1 saturated heterocycles. The van der Waals surface area contributed by atoms with Gasteiger partial charge in [0.25, 0.3) is 0 Å². The first-order valence-electron chi connectivity index (χ1n) is 6.97.